The Morgan fingerprint density at radius 3 is 2.88 bits per heavy atom. The molecule has 0 amide bonds. The first-order valence-corrected chi connectivity index (χ1v) is 4.81. The van der Waals surface area contributed by atoms with Gasteiger partial charge in [0, 0.05) is 0 Å². The molecule has 2 N–H and O–H groups in total. The average Bonchev–Trinajstić information content (AvgIpc) is 2.84. The summed E-state index contributed by atoms with van der Waals surface area (Å²) in [6, 6.07) is 5.41. The lowest BCUT2D eigenvalue weighted by molar-refractivity contribution is 0.529. The Morgan fingerprint density at radius 1 is 1.31 bits per heavy atom. The van der Waals surface area contributed by atoms with E-state index in [4.69, 9.17) is 14.6 Å². The van der Waals surface area contributed by atoms with Crippen LogP contribution in [0.2, 0.25) is 0 Å². The van der Waals surface area contributed by atoms with Gasteiger partial charge in [0.1, 0.15) is 5.52 Å². The number of oxazole rings is 2. The molecule has 1 aromatic carbocycles. The van der Waals surface area contributed by atoms with Crippen LogP contribution in [0.15, 0.2) is 33.4 Å². The van der Waals surface area contributed by atoms with Crippen molar-refractivity contribution in [3.63, 3.8) is 0 Å². The van der Waals surface area contributed by atoms with Crippen LogP contribution in [0.1, 0.15) is 5.69 Å². The Balaban J connectivity index is 2.27. The van der Waals surface area contributed by atoms with Crippen LogP contribution in [0, 0.1) is 6.92 Å². The molecule has 0 saturated carbocycles. The monoisotopic (exact) mass is 215 g/mol. The van der Waals surface area contributed by atoms with Gasteiger partial charge in [-0.1, -0.05) is 6.07 Å². The molecule has 0 fully saturated rings. The number of para-hydroxylation sites is 1. The smallest absolute Gasteiger partial charge is 0.266 e. The highest BCUT2D eigenvalue weighted by molar-refractivity contribution is 5.86. The van der Waals surface area contributed by atoms with Gasteiger partial charge in [-0.15, -0.1) is 0 Å². The topological polar surface area (TPSA) is 78.1 Å². The number of nitrogens with two attached hydrogens (primary N) is 1. The second kappa shape index (κ2) is 3.10. The predicted octanol–water partition coefficient (Wildman–Crippen LogP) is 2.37. The molecule has 3 rings (SSSR count). The van der Waals surface area contributed by atoms with Gasteiger partial charge in [0.2, 0.25) is 5.76 Å². The number of nitrogen functional groups attached to an aromatic ring is 1. The molecule has 0 aliphatic carbocycles. The Morgan fingerprint density at radius 2 is 2.19 bits per heavy atom. The molecule has 16 heavy (non-hydrogen) atoms. The number of fused-ring (bicyclic) bond motifs is 1. The number of aromatic nitrogens is 2. The van der Waals surface area contributed by atoms with Crippen molar-refractivity contribution in [2.45, 2.75) is 6.92 Å². The van der Waals surface area contributed by atoms with E-state index in [1.165, 1.54) is 6.39 Å². The summed E-state index contributed by atoms with van der Waals surface area (Å²) >= 11 is 0. The molecule has 0 saturated heterocycles. The zero-order valence-electron chi connectivity index (χ0n) is 8.60. The first kappa shape index (κ1) is 8.96. The van der Waals surface area contributed by atoms with Gasteiger partial charge in [-0.25, -0.2) is 9.97 Å². The minimum Gasteiger partial charge on any atom is -0.438 e. The van der Waals surface area contributed by atoms with Gasteiger partial charge < -0.3 is 14.6 Å². The third kappa shape index (κ3) is 1.18. The van der Waals surface area contributed by atoms with Gasteiger partial charge in [0.25, 0.3) is 5.89 Å². The van der Waals surface area contributed by atoms with Gasteiger partial charge in [0.05, 0.1) is 11.4 Å². The van der Waals surface area contributed by atoms with E-state index < -0.39 is 0 Å². The Labute approximate surface area is 90.9 Å². The van der Waals surface area contributed by atoms with Gasteiger partial charge in [-0.3, -0.25) is 0 Å². The summed E-state index contributed by atoms with van der Waals surface area (Å²) in [7, 11) is 0. The maximum atomic E-state index is 5.79. The Kier molecular flexibility index (Phi) is 1.73. The molecular weight excluding hydrogens is 206 g/mol. The quantitative estimate of drug-likeness (QED) is 0.630. The number of anilines is 1. The number of rotatable bonds is 1. The summed E-state index contributed by atoms with van der Waals surface area (Å²) in [5, 5.41) is 0. The molecule has 2 aromatic heterocycles. The van der Waals surface area contributed by atoms with Gasteiger partial charge in [-0.2, -0.15) is 0 Å². The molecule has 3 aromatic rings. The number of aryl methyl sites for hydroxylation is 1. The summed E-state index contributed by atoms with van der Waals surface area (Å²) in [5.74, 6) is 0.943. The third-order valence-corrected chi connectivity index (χ3v) is 2.39. The van der Waals surface area contributed by atoms with Crippen LogP contribution in [0.25, 0.3) is 22.8 Å². The molecule has 2 heterocycles. The number of benzene rings is 1. The summed E-state index contributed by atoms with van der Waals surface area (Å²) in [4.78, 5) is 8.28. The highest BCUT2D eigenvalue weighted by Crippen LogP contribution is 2.28. The van der Waals surface area contributed by atoms with Crippen molar-refractivity contribution >= 4 is 16.8 Å². The zero-order valence-corrected chi connectivity index (χ0v) is 8.60. The number of hydrogen-bond donors (Lipinski definition) is 1. The van der Waals surface area contributed by atoms with Gasteiger partial charge in [-0.05, 0) is 19.1 Å². The molecule has 0 unspecified atom stereocenters. The minimum atomic E-state index is 0.405. The van der Waals surface area contributed by atoms with E-state index in [1.807, 2.05) is 19.1 Å². The van der Waals surface area contributed by atoms with Crippen molar-refractivity contribution in [2.24, 2.45) is 0 Å². The first-order chi connectivity index (χ1) is 7.75. The van der Waals surface area contributed by atoms with Gasteiger partial charge in [0.15, 0.2) is 12.0 Å². The molecule has 0 radical (unpaired) electrons. The minimum absolute atomic E-state index is 0.405. The maximum absolute atomic E-state index is 5.79. The highest BCUT2D eigenvalue weighted by atomic mass is 16.4. The SMILES string of the molecule is Cc1ncoc1-c1nc2c(N)cccc2o1. The van der Waals surface area contributed by atoms with Crippen molar-refractivity contribution in [3.05, 3.63) is 30.3 Å². The summed E-state index contributed by atoms with van der Waals surface area (Å²) in [5.41, 5.74) is 8.41. The number of hydrogen-bond acceptors (Lipinski definition) is 5. The maximum Gasteiger partial charge on any atom is 0.266 e. The molecule has 0 bridgehead atoms. The van der Waals surface area contributed by atoms with E-state index in [0.29, 0.717) is 28.4 Å². The summed E-state index contributed by atoms with van der Waals surface area (Å²) in [6.07, 6.45) is 1.36. The normalized spacial score (nSPS) is 11.1. The Bertz CT molecular complexity index is 654. The summed E-state index contributed by atoms with van der Waals surface area (Å²) in [6.45, 7) is 1.83. The molecule has 5 heteroatoms. The summed E-state index contributed by atoms with van der Waals surface area (Å²) < 4.78 is 10.8. The van der Waals surface area contributed by atoms with Crippen molar-refractivity contribution in [1.29, 1.82) is 0 Å². The van der Waals surface area contributed by atoms with Crippen LogP contribution in [0.4, 0.5) is 5.69 Å². The second-order valence-electron chi connectivity index (χ2n) is 3.48. The second-order valence-corrected chi connectivity index (χ2v) is 3.48. The molecule has 0 aliphatic rings. The van der Waals surface area contributed by atoms with Crippen LogP contribution in [-0.2, 0) is 0 Å². The molecule has 0 aliphatic heterocycles. The van der Waals surface area contributed by atoms with Crippen molar-refractivity contribution in [1.82, 2.24) is 9.97 Å². The largest absolute Gasteiger partial charge is 0.438 e. The van der Waals surface area contributed by atoms with E-state index >= 15 is 0 Å². The third-order valence-electron chi connectivity index (χ3n) is 2.39. The lowest BCUT2D eigenvalue weighted by Crippen LogP contribution is -1.85. The molecule has 5 nitrogen and oxygen atoms in total. The van der Waals surface area contributed by atoms with Crippen LogP contribution in [0.3, 0.4) is 0 Å². The van der Waals surface area contributed by atoms with Crippen molar-refractivity contribution in [3.8, 4) is 11.7 Å². The Hall–Kier alpha value is -2.30. The lowest BCUT2D eigenvalue weighted by atomic mass is 10.3. The lowest BCUT2D eigenvalue weighted by Gasteiger charge is -1.89. The van der Waals surface area contributed by atoms with E-state index in [9.17, 15) is 0 Å². The van der Waals surface area contributed by atoms with Crippen molar-refractivity contribution in [2.75, 3.05) is 5.73 Å². The number of nitrogens with zero attached hydrogens (tertiary/aromatic N) is 2. The van der Waals surface area contributed by atoms with Crippen LogP contribution < -0.4 is 5.73 Å². The zero-order chi connectivity index (χ0) is 11.1. The van der Waals surface area contributed by atoms with Crippen LogP contribution >= 0.6 is 0 Å². The fourth-order valence-corrected chi connectivity index (χ4v) is 1.57. The first-order valence-electron chi connectivity index (χ1n) is 4.81. The predicted molar refractivity (Wildman–Crippen MR) is 58.7 cm³/mol. The molecule has 0 atom stereocenters. The van der Waals surface area contributed by atoms with Crippen LogP contribution in [-0.4, -0.2) is 9.97 Å². The van der Waals surface area contributed by atoms with E-state index in [1.54, 1.807) is 6.07 Å². The van der Waals surface area contributed by atoms with E-state index in [2.05, 4.69) is 9.97 Å². The molecular formula is C11H9N3O2. The fraction of sp³-hybridized carbons (Fsp3) is 0.0909. The van der Waals surface area contributed by atoms with Crippen LogP contribution in [0.5, 0.6) is 0 Å². The highest BCUT2D eigenvalue weighted by Gasteiger charge is 2.15. The average molecular weight is 215 g/mol. The van der Waals surface area contributed by atoms with E-state index in [0.717, 1.165) is 5.69 Å². The fourth-order valence-electron chi connectivity index (χ4n) is 1.57. The van der Waals surface area contributed by atoms with E-state index in [-0.39, 0.29) is 0 Å². The molecule has 0 spiro atoms. The van der Waals surface area contributed by atoms with Crippen molar-refractivity contribution < 1.29 is 8.83 Å². The van der Waals surface area contributed by atoms with Gasteiger partial charge >= 0.3 is 0 Å². The standard InChI is InChI=1S/C11H9N3O2/c1-6-10(15-5-13-6)11-14-9-7(12)3-2-4-8(9)16-11/h2-5H,12H2,1H3. The molecule has 80 valence electrons.